The maximum Gasteiger partial charge on any atom is 0.328 e. The first-order valence-corrected chi connectivity index (χ1v) is 9.48. The van der Waals surface area contributed by atoms with Crippen LogP contribution in [0.2, 0.25) is 0 Å². The fraction of sp³-hybridized carbons (Fsp3) is 0.381. The van der Waals surface area contributed by atoms with Crippen molar-refractivity contribution < 1.29 is 24.2 Å². The zero-order chi connectivity index (χ0) is 22.3. The van der Waals surface area contributed by atoms with Crippen molar-refractivity contribution in [2.24, 2.45) is 0 Å². The van der Waals surface area contributed by atoms with Gasteiger partial charge in [-0.05, 0) is 38.0 Å². The number of amides is 1. The highest BCUT2D eigenvalue weighted by Gasteiger charge is 2.27. The van der Waals surface area contributed by atoms with Gasteiger partial charge in [0, 0.05) is 29.9 Å². The molecule has 0 saturated heterocycles. The number of benzene rings is 1. The molecule has 4 N–H and O–H groups in total. The van der Waals surface area contributed by atoms with Crippen LogP contribution in [-0.2, 0) is 25.5 Å². The number of fused-ring (bicyclic) bond motifs is 1. The Hall–Kier alpha value is -3.51. The molecule has 2 aromatic rings. The summed E-state index contributed by atoms with van der Waals surface area (Å²) in [4.78, 5) is 39.2. The summed E-state index contributed by atoms with van der Waals surface area (Å²) in [5.41, 5.74) is 1.71. The van der Waals surface area contributed by atoms with E-state index < -0.39 is 35.9 Å². The van der Waals surface area contributed by atoms with Crippen molar-refractivity contribution in [3.8, 4) is 6.07 Å². The molecule has 2 atom stereocenters. The van der Waals surface area contributed by atoms with Crippen LogP contribution in [-0.4, -0.2) is 52.2 Å². The fourth-order valence-electron chi connectivity index (χ4n) is 3.00. The molecule has 0 bridgehead atoms. The third kappa shape index (κ3) is 5.75. The maximum absolute atomic E-state index is 12.5. The number of hydrogen-bond donors (Lipinski definition) is 4. The van der Waals surface area contributed by atoms with Gasteiger partial charge in [0.2, 0.25) is 5.91 Å². The molecule has 0 radical (unpaired) electrons. The van der Waals surface area contributed by atoms with E-state index in [0.717, 1.165) is 0 Å². The molecule has 9 heteroatoms. The quantitative estimate of drug-likeness (QED) is 0.341. The average Bonchev–Trinajstić information content (AvgIpc) is 3.12. The highest BCUT2D eigenvalue weighted by Crippen LogP contribution is 2.23. The number of H-pyrrole nitrogens is 1. The minimum Gasteiger partial charge on any atom is -0.461 e. The van der Waals surface area contributed by atoms with Crippen LogP contribution < -0.4 is 5.32 Å². The van der Waals surface area contributed by atoms with Gasteiger partial charge in [0.1, 0.15) is 12.1 Å². The predicted octanol–water partition coefficient (Wildman–Crippen LogP) is 1.38. The monoisotopic (exact) mass is 412 g/mol. The summed E-state index contributed by atoms with van der Waals surface area (Å²) in [5, 5.41) is 29.7. The molecule has 0 aliphatic rings. The topological polar surface area (TPSA) is 156 Å². The van der Waals surface area contributed by atoms with Crippen LogP contribution in [0.25, 0.3) is 10.9 Å². The number of carbonyl (C=O) groups excluding carboxylic acids is 3. The summed E-state index contributed by atoms with van der Waals surface area (Å²) in [5.74, 6) is -2.01. The highest BCUT2D eigenvalue weighted by molar-refractivity contribution is 6.26. The zero-order valence-corrected chi connectivity index (χ0v) is 16.8. The van der Waals surface area contributed by atoms with E-state index in [4.69, 9.17) is 10.1 Å². The number of rotatable bonds is 10. The van der Waals surface area contributed by atoms with Crippen LogP contribution in [0.1, 0.15) is 37.8 Å². The van der Waals surface area contributed by atoms with Crippen LogP contribution in [0, 0.1) is 16.7 Å². The van der Waals surface area contributed by atoms with E-state index in [9.17, 15) is 24.8 Å². The SMILES string of the molecule is CC(C)OC(=O)[C@H](CCC(=O)C=N)NC(=O)[C@@H](O)Cc1c[nH]c2cccc(C#N)c12. The van der Waals surface area contributed by atoms with Crippen LogP contribution in [0.4, 0.5) is 0 Å². The number of nitrogens with one attached hydrogen (secondary N) is 3. The van der Waals surface area contributed by atoms with E-state index in [1.165, 1.54) is 0 Å². The number of carbonyl (C=O) groups is 3. The minimum atomic E-state index is -1.48. The molecular weight excluding hydrogens is 388 g/mol. The van der Waals surface area contributed by atoms with Gasteiger partial charge in [-0.2, -0.15) is 5.26 Å². The Balaban J connectivity index is 2.12. The Bertz CT molecular complexity index is 989. The highest BCUT2D eigenvalue weighted by atomic mass is 16.5. The normalized spacial score (nSPS) is 12.8. The lowest BCUT2D eigenvalue weighted by Crippen LogP contribution is -2.47. The summed E-state index contributed by atoms with van der Waals surface area (Å²) in [7, 11) is 0. The van der Waals surface area contributed by atoms with Crippen molar-refractivity contribution in [3.63, 3.8) is 0 Å². The molecule has 30 heavy (non-hydrogen) atoms. The summed E-state index contributed by atoms with van der Waals surface area (Å²) in [6, 6.07) is 6.11. The van der Waals surface area contributed by atoms with Gasteiger partial charge in [0.15, 0.2) is 5.78 Å². The van der Waals surface area contributed by atoms with Crippen molar-refractivity contribution in [1.29, 1.82) is 10.7 Å². The summed E-state index contributed by atoms with van der Waals surface area (Å²) >= 11 is 0. The van der Waals surface area contributed by atoms with Gasteiger partial charge in [0.25, 0.3) is 0 Å². The molecule has 1 aromatic carbocycles. The van der Waals surface area contributed by atoms with Gasteiger partial charge in [0.05, 0.1) is 24.0 Å². The fourth-order valence-corrected chi connectivity index (χ4v) is 3.00. The molecule has 1 heterocycles. The number of ketones is 1. The first-order valence-electron chi connectivity index (χ1n) is 9.48. The zero-order valence-electron chi connectivity index (χ0n) is 16.8. The van der Waals surface area contributed by atoms with Crippen molar-refractivity contribution in [3.05, 3.63) is 35.5 Å². The van der Waals surface area contributed by atoms with Crippen LogP contribution in [0.15, 0.2) is 24.4 Å². The number of aliphatic hydroxyl groups is 1. The molecule has 2 rings (SSSR count). The summed E-state index contributed by atoms with van der Waals surface area (Å²) in [6.07, 6.45) is 0.117. The number of Topliss-reactive ketones (excluding diaryl/α,β-unsaturated/α-hetero) is 1. The standard InChI is InChI=1S/C21H24N4O5/c1-12(2)30-21(29)17(7-6-15(26)10-23)25-20(28)18(27)8-14-11-24-16-5-3-4-13(9-22)19(14)16/h3-5,10-12,17-18,23-24,27H,6-8H2,1-2H3,(H,25,28)/t17-,18-/m0/s1. The Morgan fingerprint density at radius 3 is 2.73 bits per heavy atom. The van der Waals surface area contributed by atoms with Crippen LogP contribution in [0.3, 0.4) is 0 Å². The molecule has 1 aromatic heterocycles. The number of esters is 1. The predicted molar refractivity (Wildman–Crippen MR) is 109 cm³/mol. The first-order chi connectivity index (χ1) is 14.3. The Morgan fingerprint density at radius 2 is 2.10 bits per heavy atom. The van der Waals surface area contributed by atoms with Crippen molar-refractivity contribution in [2.75, 3.05) is 0 Å². The molecule has 1 amide bonds. The van der Waals surface area contributed by atoms with E-state index >= 15 is 0 Å². The second-order valence-electron chi connectivity index (χ2n) is 7.07. The number of aliphatic hydroxyl groups excluding tert-OH is 1. The second kappa shape index (κ2) is 10.3. The third-order valence-electron chi connectivity index (χ3n) is 4.42. The molecule has 158 valence electrons. The minimum absolute atomic E-state index is 0.0517. The molecule has 0 spiro atoms. The maximum atomic E-state index is 12.5. The number of aromatic amines is 1. The number of nitrogens with zero attached hydrogens (tertiary/aromatic N) is 1. The van der Waals surface area contributed by atoms with E-state index in [-0.39, 0.29) is 19.3 Å². The van der Waals surface area contributed by atoms with Crippen molar-refractivity contribution >= 4 is 34.8 Å². The average molecular weight is 412 g/mol. The largest absolute Gasteiger partial charge is 0.461 e. The molecule has 0 unspecified atom stereocenters. The van der Waals surface area contributed by atoms with Gasteiger partial charge < -0.3 is 25.6 Å². The lowest BCUT2D eigenvalue weighted by atomic mass is 10.0. The molecule has 0 fully saturated rings. The Kier molecular flexibility index (Phi) is 7.83. The lowest BCUT2D eigenvalue weighted by molar-refractivity contribution is -0.152. The molecule has 0 aliphatic heterocycles. The van der Waals surface area contributed by atoms with Gasteiger partial charge in [-0.25, -0.2) is 4.79 Å². The van der Waals surface area contributed by atoms with Crippen LogP contribution >= 0.6 is 0 Å². The van der Waals surface area contributed by atoms with Gasteiger partial charge in [-0.3, -0.25) is 9.59 Å². The second-order valence-corrected chi connectivity index (χ2v) is 7.07. The molecule has 0 saturated carbocycles. The Labute approximate surface area is 173 Å². The third-order valence-corrected chi connectivity index (χ3v) is 4.42. The van der Waals surface area contributed by atoms with E-state index in [1.54, 1.807) is 38.2 Å². The molecular formula is C21H24N4O5. The molecule has 9 nitrogen and oxygen atoms in total. The van der Waals surface area contributed by atoms with Gasteiger partial charge >= 0.3 is 5.97 Å². The molecule has 0 aliphatic carbocycles. The van der Waals surface area contributed by atoms with E-state index in [1.807, 2.05) is 0 Å². The number of nitriles is 1. The smallest absolute Gasteiger partial charge is 0.328 e. The first kappa shape index (κ1) is 22.8. The number of hydrogen-bond acceptors (Lipinski definition) is 7. The lowest BCUT2D eigenvalue weighted by Gasteiger charge is -2.20. The van der Waals surface area contributed by atoms with E-state index in [0.29, 0.717) is 28.2 Å². The number of aromatic nitrogens is 1. The van der Waals surface area contributed by atoms with Gasteiger partial charge in [-0.15, -0.1) is 0 Å². The summed E-state index contributed by atoms with van der Waals surface area (Å²) < 4.78 is 5.11. The number of ether oxygens (including phenoxy) is 1. The van der Waals surface area contributed by atoms with Gasteiger partial charge in [-0.1, -0.05) is 6.07 Å². The van der Waals surface area contributed by atoms with E-state index in [2.05, 4.69) is 16.4 Å². The van der Waals surface area contributed by atoms with Crippen LogP contribution in [0.5, 0.6) is 0 Å². The summed E-state index contributed by atoms with van der Waals surface area (Å²) in [6.45, 7) is 3.30. The van der Waals surface area contributed by atoms with Crippen molar-refractivity contribution in [1.82, 2.24) is 10.3 Å². The van der Waals surface area contributed by atoms with Crippen molar-refractivity contribution in [2.45, 2.75) is 51.4 Å². The Morgan fingerprint density at radius 1 is 1.37 bits per heavy atom.